The molecule has 1 heterocycles. The molecule has 1 N–H and O–H groups in total. The van der Waals surface area contributed by atoms with Gasteiger partial charge in [0.25, 0.3) is 0 Å². The van der Waals surface area contributed by atoms with Crippen LogP contribution >= 0.6 is 0 Å². The van der Waals surface area contributed by atoms with Crippen LogP contribution in [-0.2, 0) is 10.0 Å². The maximum absolute atomic E-state index is 12.7. The van der Waals surface area contributed by atoms with Crippen molar-refractivity contribution >= 4 is 15.7 Å². The predicted molar refractivity (Wildman–Crippen MR) is 77.8 cm³/mol. The molecule has 1 aromatic rings. The van der Waals surface area contributed by atoms with Crippen LogP contribution in [-0.4, -0.2) is 32.4 Å². The first-order chi connectivity index (χ1) is 9.05. The van der Waals surface area contributed by atoms with Crippen LogP contribution in [0.5, 0.6) is 0 Å². The number of hydrogen-bond acceptors (Lipinski definition) is 3. The molecular formula is C14H22N2O2S. The number of sulfonamides is 1. The van der Waals surface area contributed by atoms with Gasteiger partial charge in [0.2, 0.25) is 10.0 Å². The molecule has 0 aliphatic carbocycles. The van der Waals surface area contributed by atoms with Crippen LogP contribution in [0.1, 0.15) is 26.7 Å². The summed E-state index contributed by atoms with van der Waals surface area (Å²) in [7, 11) is -3.38. The Bertz CT molecular complexity index is 528. The van der Waals surface area contributed by atoms with E-state index in [0.717, 1.165) is 12.8 Å². The Balaban J connectivity index is 2.33. The molecular weight excluding hydrogens is 260 g/mol. The summed E-state index contributed by atoms with van der Waals surface area (Å²) in [6.07, 6.45) is 2.06. The van der Waals surface area contributed by atoms with E-state index in [1.54, 1.807) is 16.4 Å². The fraction of sp³-hybridized carbons (Fsp3) is 0.571. The topological polar surface area (TPSA) is 49.4 Å². The van der Waals surface area contributed by atoms with E-state index >= 15 is 0 Å². The number of benzene rings is 1. The fourth-order valence-electron chi connectivity index (χ4n) is 2.53. The van der Waals surface area contributed by atoms with E-state index in [4.69, 9.17) is 0 Å². The number of rotatable bonds is 4. The third kappa shape index (κ3) is 3.09. The van der Waals surface area contributed by atoms with Crippen molar-refractivity contribution in [2.75, 3.05) is 25.0 Å². The number of hydrogen-bond donors (Lipinski definition) is 1. The average Bonchev–Trinajstić information content (AvgIpc) is 2.39. The molecule has 0 bridgehead atoms. The summed E-state index contributed by atoms with van der Waals surface area (Å²) in [5.41, 5.74) is 0.697. The molecule has 1 aliphatic rings. The normalized spacial score (nSPS) is 21.3. The van der Waals surface area contributed by atoms with E-state index in [0.29, 0.717) is 36.1 Å². The SMILES string of the molecule is CCNc1ccccc1S(=O)(=O)N1CCCC(C)C1. The van der Waals surface area contributed by atoms with Gasteiger partial charge in [-0.15, -0.1) is 0 Å². The zero-order valence-corrected chi connectivity index (χ0v) is 12.4. The zero-order valence-electron chi connectivity index (χ0n) is 11.6. The average molecular weight is 282 g/mol. The lowest BCUT2D eigenvalue weighted by Gasteiger charge is -2.30. The van der Waals surface area contributed by atoms with Crippen LogP contribution in [0.3, 0.4) is 0 Å². The molecule has 1 atom stereocenters. The Kier molecular flexibility index (Phi) is 4.47. The second-order valence-electron chi connectivity index (χ2n) is 5.14. The third-order valence-electron chi connectivity index (χ3n) is 3.49. The Morgan fingerprint density at radius 3 is 2.79 bits per heavy atom. The van der Waals surface area contributed by atoms with Crippen LogP contribution in [0.2, 0.25) is 0 Å². The maximum Gasteiger partial charge on any atom is 0.245 e. The van der Waals surface area contributed by atoms with Crippen LogP contribution in [0.15, 0.2) is 29.2 Å². The molecule has 5 heteroatoms. The Morgan fingerprint density at radius 2 is 2.11 bits per heavy atom. The molecule has 2 rings (SSSR count). The number of piperidine rings is 1. The molecule has 19 heavy (non-hydrogen) atoms. The number of para-hydroxylation sites is 1. The lowest BCUT2D eigenvalue weighted by Crippen LogP contribution is -2.39. The summed E-state index contributed by atoms with van der Waals surface area (Å²) >= 11 is 0. The van der Waals surface area contributed by atoms with Crippen LogP contribution in [0.4, 0.5) is 5.69 Å². The van der Waals surface area contributed by atoms with E-state index in [9.17, 15) is 8.42 Å². The molecule has 1 fully saturated rings. The summed E-state index contributed by atoms with van der Waals surface area (Å²) in [5.74, 6) is 0.440. The van der Waals surface area contributed by atoms with Crippen LogP contribution in [0, 0.1) is 5.92 Å². The number of nitrogens with zero attached hydrogens (tertiary/aromatic N) is 1. The van der Waals surface area contributed by atoms with Gasteiger partial charge in [0.05, 0.1) is 5.69 Å². The van der Waals surface area contributed by atoms with Crippen molar-refractivity contribution in [2.45, 2.75) is 31.6 Å². The second-order valence-corrected chi connectivity index (χ2v) is 7.04. The number of anilines is 1. The highest BCUT2D eigenvalue weighted by molar-refractivity contribution is 7.89. The molecule has 0 saturated carbocycles. The van der Waals surface area contributed by atoms with Crippen molar-refractivity contribution in [3.8, 4) is 0 Å². The van der Waals surface area contributed by atoms with Gasteiger partial charge in [-0.05, 0) is 37.8 Å². The Morgan fingerprint density at radius 1 is 1.37 bits per heavy atom. The second kappa shape index (κ2) is 5.92. The standard InChI is InChI=1S/C14H22N2O2S/c1-3-15-13-8-4-5-9-14(13)19(17,18)16-10-6-7-12(2)11-16/h4-5,8-9,12,15H,3,6-7,10-11H2,1-2H3. The zero-order chi connectivity index (χ0) is 13.9. The first-order valence-electron chi connectivity index (χ1n) is 6.88. The van der Waals surface area contributed by atoms with Gasteiger partial charge < -0.3 is 5.32 Å². The summed E-state index contributed by atoms with van der Waals surface area (Å²) in [6.45, 7) is 6.04. The van der Waals surface area contributed by atoms with E-state index in [-0.39, 0.29) is 0 Å². The lowest BCUT2D eigenvalue weighted by molar-refractivity contribution is 0.281. The quantitative estimate of drug-likeness (QED) is 0.923. The molecule has 106 valence electrons. The molecule has 1 aromatic carbocycles. The molecule has 0 amide bonds. The highest BCUT2D eigenvalue weighted by atomic mass is 32.2. The summed E-state index contributed by atoms with van der Waals surface area (Å²) < 4.78 is 27.1. The summed E-state index contributed by atoms with van der Waals surface area (Å²) in [4.78, 5) is 0.394. The first-order valence-corrected chi connectivity index (χ1v) is 8.32. The summed E-state index contributed by atoms with van der Waals surface area (Å²) in [6, 6.07) is 7.15. The van der Waals surface area contributed by atoms with Crippen molar-refractivity contribution in [3.05, 3.63) is 24.3 Å². The molecule has 0 aromatic heterocycles. The minimum Gasteiger partial charge on any atom is -0.384 e. The smallest absolute Gasteiger partial charge is 0.245 e. The molecule has 1 saturated heterocycles. The van der Waals surface area contributed by atoms with E-state index in [1.807, 2.05) is 19.1 Å². The lowest BCUT2D eigenvalue weighted by atomic mass is 10.0. The van der Waals surface area contributed by atoms with E-state index in [2.05, 4.69) is 12.2 Å². The molecule has 4 nitrogen and oxygen atoms in total. The summed E-state index contributed by atoms with van der Waals surface area (Å²) in [5, 5.41) is 3.13. The molecule has 1 aliphatic heterocycles. The van der Waals surface area contributed by atoms with Gasteiger partial charge in [0.1, 0.15) is 4.90 Å². The van der Waals surface area contributed by atoms with Crippen molar-refractivity contribution in [1.29, 1.82) is 0 Å². The highest BCUT2D eigenvalue weighted by Gasteiger charge is 2.30. The van der Waals surface area contributed by atoms with Gasteiger partial charge in [-0.1, -0.05) is 19.1 Å². The Labute approximate surface area is 115 Å². The van der Waals surface area contributed by atoms with Gasteiger partial charge in [0.15, 0.2) is 0 Å². The minimum atomic E-state index is -3.38. The van der Waals surface area contributed by atoms with Gasteiger partial charge in [-0.25, -0.2) is 8.42 Å². The van der Waals surface area contributed by atoms with Gasteiger partial charge in [0, 0.05) is 19.6 Å². The molecule has 0 spiro atoms. The van der Waals surface area contributed by atoms with Gasteiger partial charge >= 0.3 is 0 Å². The van der Waals surface area contributed by atoms with Crippen LogP contribution < -0.4 is 5.32 Å². The minimum absolute atomic E-state index is 0.394. The van der Waals surface area contributed by atoms with Crippen molar-refractivity contribution in [3.63, 3.8) is 0 Å². The van der Waals surface area contributed by atoms with Crippen LogP contribution in [0.25, 0.3) is 0 Å². The van der Waals surface area contributed by atoms with Gasteiger partial charge in [-0.2, -0.15) is 4.31 Å². The Hall–Kier alpha value is -1.07. The van der Waals surface area contributed by atoms with Gasteiger partial charge in [-0.3, -0.25) is 0 Å². The third-order valence-corrected chi connectivity index (χ3v) is 5.42. The van der Waals surface area contributed by atoms with E-state index < -0.39 is 10.0 Å². The predicted octanol–water partition coefficient (Wildman–Crippen LogP) is 2.54. The number of nitrogens with one attached hydrogen (secondary N) is 1. The fourth-order valence-corrected chi connectivity index (χ4v) is 4.30. The maximum atomic E-state index is 12.7. The molecule has 0 radical (unpaired) electrons. The van der Waals surface area contributed by atoms with Crippen molar-refractivity contribution in [2.24, 2.45) is 5.92 Å². The van der Waals surface area contributed by atoms with Crippen molar-refractivity contribution in [1.82, 2.24) is 4.31 Å². The highest BCUT2D eigenvalue weighted by Crippen LogP contribution is 2.27. The molecule has 1 unspecified atom stereocenters. The first kappa shape index (κ1) is 14.3. The van der Waals surface area contributed by atoms with E-state index in [1.165, 1.54) is 0 Å². The monoisotopic (exact) mass is 282 g/mol. The van der Waals surface area contributed by atoms with Crippen molar-refractivity contribution < 1.29 is 8.42 Å². The largest absolute Gasteiger partial charge is 0.384 e.